The minimum Gasteiger partial charge on any atom is -0.350 e. The second-order valence-corrected chi connectivity index (χ2v) is 5.45. The predicted octanol–water partition coefficient (Wildman–Crippen LogP) is 0.820. The van der Waals surface area contributed by atoms with Gasteiger partial charge in [0.1, 0.15) is 5.69 Å². The van der Waals surface area contributed by atoms with E-state index >= 15 is 0 Å². The van der Waals surface area contributed by atoms with Gasteiger partial charge in [-0.3, -0.25) is 4.98 Å². The van der Waals surface area contributed by atoms with E-state index in [1.807, 2.05) is 30.3 Å². The number of carbonyl (C=O) groups excluding carboxylic acids is 1. The molecule has 4 rings (SSSR count). The summed E-state index contributed by atoms with van der Waals surface area (Å²) < 4.78 is 1.65. The van der Waals surface area contributed by atoms with Crippen molar-refractivity contribution < 1.29 is 4.79 Å². The number of benzene rings is 1. The van der Waals surface area contributed by atoms with Crippen LogP contribution in [0.5, 0.6) is 0 Å². The van der Waals surface area contributed by atoms with Gasteiger partial charge in [0.05, 0.1) is 24.5 Å². The Balaban J connectivity index is 1.64. The molecule has 3 heterocycles. The highest BCUT2D eigenvalue weighted by atomic mass is 16.2. The van der Waals surface area contributed by atoms with Crippen molar-refractivity contribution >= 4 is 34.4 Å². The van der Waals surface area contributed by atoms with Crippen LogP contribution in [0.4, 0.5) is 4.79 Å². The van der Waals surface area contributed by atoms with E-state index in [-0.39, 0.29) is 0 Å². The minimum absolute atomic E-state index is 0.424. The summed E-state index contributed by atoms with van der Waals surface area (Å²) in [6.07, 6.45) is 4.59. The molecule has 0 aliphatic carbocycles. The highest BCUT2D eigenvalue weighted by Crippen LogP contribution is 2.15. The van der Waals surface area contributed by atoms with Gasteiger partial charge in [0.15, 0.2) is 5.65 Å². The SMILES string of the molecule is NC(=O)N/N=C/c1cnc2nnn(Cc3ccc4ncccc4c3)c2n1. The molecule has 0 spiro atoms. The third-order valence-electron chi connectivity index (χ3n) is 3.62. The van der Waals surface area contributed by atoms with E-state index in [1.165, 1.54) is 12.4 Å². The lowest BCUT2D eigenvalue weighted by atomic mass is 10.1. The van der Waals surface area contributed by atoms with Crippen molar-refractivity contribution in [2.24, 2.45) is 10.8 Å². The summed E-state index contributed by atoms with van der Waals surface area (Å²) in [5.74, 6) is 0. The second-order valence-electron chi connectivity index (χ2n) is 5.45. The van der Waals surface area contributed by atoms with Crippen molar-refractivity contribution in [2.75, 3.05) is 0 Å². The summed E-state index contributed by atoms with van der Waals surface area (Å²) in [6.45, 7) is 0.482. The predicted molar refractivity (Wildman–Crippen MR) is 94.3 cm³/mol. The average molecular weight is 347 g/mol. The lowest BCUT2D eigenvalue weighted by Crippen LogP contribution is -2.24. The van der Waals surface area contributed by atoms with Gasteiger partial charge in [-0.25, -0.2) is 24.9 Å². The number of rotatable bonds is 4. The number of carbonyl (C=O) groups is 1. The number of urea groups is 1. The quantitative estimate of drug-likeness (QED) is 0.414. The first kappa shape index (κ1) is 15.6. The Morgan fingerprint density at radius 2 is 2.23 bits per heavy atom. The Morgan fingerprint density at radius 1 is 1.31 bits per heavy atom. The van der Waals surface area contributed by atoms with E-state index < -0.39 is 6.03 Å². The molecule has 10 nitrogen and oxygen atoms in total. The van der Waals surface area contributed by atoms with Crippen LogP contribution in [0.2, 0.25) is 0 Å². The highest BCUT2D eigenvalue weighted by Gasteiger charge is 2.09. The molecule has 3 N–H and O–H groups in total. The van der Waals surface area contributed by atoms with E-state index in [2.05, 4.69) is 35.8 Å². The molecule has 0 saturated carbocycles. The molecule has 3 aromatic heterocycles. The van der Waals surface area contributed by atoms with Crippen molar-refractivity contribution in [3.8, 4) is 0 Å². The molecule has 0 saturated heterocycles. The van der Waals surface area contributed by atoms with Gasteiger partial charge in [-0.15, -0.1) is 5.10 Å². The summed E-state index contributed by atoms with van der Waals surface area (Å²) in [5.41, 5.74) is 10.4. The summed E-state index contributed by atoms with van der Waals surface area (Å²) >= 11 is 0. The van der Waals surface area contributed by atoms with Gasteiger partial charge in [0, 0.05) is 11.6 Å². The molecule has 0 radical (unpaired) electrons. The van der Waals surface area contributed by atoms with Gasteiger partial charge in [-0.2, -0.15) is 5.10 Å². The van der Waals surface area contributed by atoms with E-state index in [0.717, 1.165) is 16.5 Å². The molecule has 10 heteroatoms. The Bertz CT molecular complexity index is 1130. The van der Waals surface area contributed by atoms with Gasteiger partial charge in [-0.05, 0) is 23.8 Å². The monoisotopic (exact) mass is 347 g/mol. The van der Waals surface area contributed by atoms with Crippen LogP contribution in [0.3, 0.4) is 0 Å². The van der Waals surface area contributed by atoms with Crippen molar-refractivity contribution in [3.05, 3.63) is 54.0 Å². The smallest absolute Gasteiger partial charge is 0.332 e. The first-order chi connectivity index (χ1) is 12.7. The maximum Gasteiger partial charge on any atom is 0.332 e. The fraction of sp³-hybridized carbons (Fsp3) is 0.0625. The Labute approximate surface area is 146 Å². The number of nitrogens with zero attached hydrogens (tertiary/aromatic N) is 7. The summed E-state index contributed by atoms with van der Waals surface area (Å²) in [4.78, 5) is 23.6. The molecule has 26 heavy (non-hydrogen) atoms. The van der Waals surface area contributed by atoms with E-state index in [4.69, 9.17) is 5.73 Å². The van der Waals surface area contributed by atoms with Crippen LogP contribution < -0.4 is 11.2 Å². The molecule has 4 aromatic rings. The molecule has 0 aliphatic rings. The minimum atomic E-state index is -0.757. The van der Waals surface area contributed by atoms with Crippen LogP contribution in [0.15, 0.2) is 47.8 Å². The number of hydrazone groups is 1. The Kier molecular flexibility index (Phi) is 3.90. The zero-order valence-corrected chi connectivity index (χ0v) is 13.4. The third-order valence-corrected chi connectivity index (χ3v) is 3.62. The summed E-state index contributed by atoms with van der Waals surface area (Å²) in [7, 11) is 0. The van der Waals surface area contributed by atoms with E-state index in [0.29, 0.717) is 23.5 Å². The molecule has 0 aliphatic heterocycles. The number of hydrogen-bond acceptors (Lipinski definition) is 7. The Hall–Kier alpha value is -3.95. The van der Waals surface area contributed by atoms with Crippen LogP contribution in [-0.4, -0.2) is 42.2 Å². The van der Waals surface area contributed by atoms with Gasteiger partial charge < -0.3 is 5.73 Å². The highest BCUT2D eigenvalue weighted by molar-refractivity contribution is 5.81. The van der Waals surface area contributed by atoms with Crippen molar-refractivity contribution in [1.82, 2.24) is 35.4 Å². The molecule has 2 amide bonds. The number of hydrogen-bond donors (Lipinski definition) is 2. The van der Waals surface area contributed by atoms with Gasteiger partial charge in [0.25, 0.3) is 0 Å². The van der Waals surface area contributed by atoms with Crippen LogP contribution in [0.25, 0.3) is 22.2 Å². The van der Waals surface area contributed by atoms with Crippen LogP contribution in [0.1, 0.15) is 11.3 Å². The molecule has 0 unspecified atom stereocenters. The van der Waals surface area contributed by atoms with Crippen LogP contribution >= 0.6 is 0 Å². The van der Waals surface area contributed by atoms with Crippen molar-refractivity contribution in [2.45, 2.75) is 6.54 Å². The Morgan fingerprint density at radius 3 is 3.12 bits per heavy atom. The number of nitrogens with one attached hydrogen (secondary N) is 1. The molecule has 0 atom stereocenters. The molecule has 128 valence electrons. The second kappa shape index (κ2) is 6.51. The lowest BCUT2D eigenvalue weighted by molar-refractivity contribution is 0.249. The topological polar surface area (TPSA) is 137 Å². The number of amides is 2. The number of aromatic nitrogens is 6. The van der Waals surface area contributed by atoms with Gasteiger partial charge >= 0.3 is 6.03 Å². The van der Waals surface area contributed by atoms with Crippen molar-refractivity contribution in [1.29, 1.82) is 0 Å². The first-order valence-electron chi connectivity index (χ1n) is 7.67. The molecular formula is C16H13N9O. The molecular weight excluding hydrogens is 334 g/mol. The molecule has 0 fully saturated rings. The van der Waals surface area contributed by atoms with Crippen molar-refractivity contribution in [3.63, 3.8) is 0 Å². The average Bonchev–Trinajstić information content (AvgIpc) is 3.03. The summed E-state index contributed by atoms with van der Waals surface area (Å²) in [6, 6.07) is 9.14. The van der Waals surface area contributed by atoms with E-state index in [9.17, 15) is 4.79 Å². The number of nitrogens with two attached hydrogens (primary N) is 1. The summed E-state index contributed by atoms with van der Waals surface area (Å²) in [5, 5.41) is 12.8. The van der Waals surface area contributed by atoms with E-state index in [1.54, 1.807) is 10.9 Å². The number of fused-ring (bicyclic) bond motifs is 2. The number of primary amides is 1. The maximum absolute atomic E-state index is 10.6. The molecule has 0 bridgehead atoms. The van der Waals surface area contributed by atoms with Gasteiger partial charge in [0.2, 0.25) is 5.65 Å². The zero-order valence-electron chi connectivity index (χ0n) is 13.4. The fourth-order valence-corrected chi connectivity index (χ4v) is 2.50. The first-order valence-corrected chi connectivity index (χ1v) is 7.67. The lowest BCUT2D eigenvalue weighted by Gasteiger charge is -2.04. The normalized spacial score (nSPS) is 11.4. The van der Waals surface area contributed by atoms with Crippen LogP contribution in [0, 0.1) is 0 Å². The standard InChI is InChI=1S/C16H13N9O/c17-16(26)23-20-8-12-7-19-14-15(21-12)25(24-22-14)9-10-3-4-13-11(6-10)2-1-5-18-13/h1-8H,9H2,(H3,17,23,26)/b20-8+. The third kappa shape index (κ3) is 3.15. The van der Waals surface area contributed by atoms with Crippen LogP contribution in [-0.2, 0) is 6.54 Å². The largest absolute Gasteiger partial charge is 0.350 e. The maximum atomic E-state index is 10.6. The fourth-order valence-electron chi connectivity index (χ4n) is 2.50. The van der Waals surface area contributed by atoms with Gasteiger partial charge in [-0.1, -0.05) is 17.3 Å². The number of pyridine rings is 1. The molecule has 1 aromatic carbocycles. The zero-order chi connectivity index (χ0) is 17.9.